The highest BCUT2D eigenvalue weighted by molar-refractivity contribution is 9.10. The van der Waals surface area contributed by atoms with Crippen molar-refractivity contribution in [2.24, 2.45) is 0 Å². The lowest BCUT2D eigenvalue weighted by Crippen LogP contribution is -2.28. The van der Waals surface area contributed by atoms with Gasteiger partial charge in [-0.15, -0.1) is 11.3 Å². The molecule has 0 aromatic carbocycles. The summed E-state index contributed by atoms with van der Waals surface area (Å²) in [6.07, 6.45) is 0.790. The van der Waals surface area contributed by atoms with Crippen LogP contribution >= 0.6 is 43.2 Å². The van der Waals surface area contributed by atoms with E-state index in [2.05, 4.69) is 31.9 Å². The van der Waals surface area contributed by atoms with Crippen molar-refractivity contribution in [2.75, 3.05) is 13.6 Å². The van der Waals surface area contributed by atoms with E-state index in [0.717, 1.165) is 6.42 Å². The first kappa shape index (κ1) is 14.6. The molecule has 0 radical (unpaired) electrons. The summed E-state index contributed by atoms with van der Waals surface area (Å²) in [5, 5.41) is 1.76. The molecule has 0 spiro atoms. The van der Waals surface area contributed by atoms with E-state index in [1.54, 1.807) is 18.5 Å². The fourth-order valence-corrected chi connectivity index (χ4v) is 4.98. The minimum absolute atomic E-state index is 0.317. The molecule has 0 saturated carbocycles. The van der Waals surface area contributed by atoms with Gasteiger partial charge in [0.25, 0.3) is 10.0 Å². The van der Waals surface area contributed by atoms with Crippen molar-refractivity contribution in [2.45, 2.75) is 22.4 Å². The zero-order chi connectivity index (χ0) is 12.3. The highest BCUT2D eigenvalue weighted by Crippen LogP contribution is 2.29. The van der Waals surface area contributed by atoms with Gasteiger partial charge in [0.1, 0.15) is 4.21 Å². The van der Waals surface area contributed by atoms with Crippen LogP contribution in [0.4, 0.5) is 0 Å². The SMILES string of the molecule is CC(Br)CCN(C)S(=O)(=O)c1sccc1Br. The predicted molar refractivity (Wildman–Crippen MR) is 74.8 cm³/mol. The second kappa shape index (κ2) is 5.95. The van der Waals surface area contributed by atoms with Crippen LogP contribution in [0.1, 0.15) is 13.3 Å². The van der Waals surface area contributed by atoms with Gasteiger partial charge in [-0.25, -0.2) is 12.7 Å². The molecule has 0 N–H and O–H groups in total. The van der Waals surface area contributed by atoms with E-state index in [0.29, 0.717) is 20.1 Å². The van der Waals surface area contributed by atoms with Crippen LogP contribution in [0.25, 0.3) is 0 Å². The molecular weight excluding hydrogens is 378 g/mol. The molecule has 1 heterocycles. The lowest BCUT2D eigenvalue weighted by Gasteiger charge is -2.16. The molecule has 1 aromatic rings. The Morgan fingerprint density at radius 1 is 1.56 bits per heavy atom. The molecule has 16 heavy (non-hydrogen) atoms. The molecule has 0 amide bonds. The van der Waals surface area contributed by atoms with E-state index in [4.69, 9.17) is 0 Å². The number of hydrogen-bond acceptors (Lipinski definition) is 3. The van der Waals surface area contributed by atoms with Gasteiger partial charge < -0.3 is 0 Å². The summed E-state index contributed by atoms with van der Waals surface area (Å²) < 4.78 is 26.6. The lowest BCUT2D eigenvalue weighted by molar-refractivity contribution is 0.463. The van der Waals surface area contributed by atoms with Gasteiger partial charge in [0, 0.05) is 22.9 Å². The predicted octanol–water partition coefficient (Wildman–Crippen LogP) is 3.30. The van der Waals surface area contributed by atoms with Gasteiger partial charge in [-0.1, -0.05) is 22.9 Å². The van der Waals surface area contributed by atoms with Gasteiger partial charge in [0.2, 0.25) is 0 Å². The molecule has 0 aliphatic rings. The summed E-state index contributed by atoms with van der Waals surface area (Å²) in [6, 6.07) is 1.75. The summed E-state index contributed by atoms with van der Waals surface area (Å²) in [5.74, 6) is 0. The van der Waals surface area contributed by atoms with Gasteiger partial charge in [-0.2, -0.15) is 0 Å². The quantitative estimate of drug-likeness (QED) is 0.723. The zero-order valence-corrected chi connectivity index (χ0v) is 13.8. The smallest absolute Gasteiger partial charge is 0.206 e. The van der Waals surface area contributed by atoms with Gasteiger partial charge in [-0.3, -0.25) is 0 Å². The molecule has 0 aliphatic heterocycles. The average molecular weight is 391 g/mol. The van der Waals surface area contributed by atoms with Crippen molar-refractivity contribution >= 4 is 53.2 Å². The summed E-state index contributed by atoms with van der Waals surface area (Å²) in [7, 11) is -1.73. The summed E-state index contributed by atoms with van der Waals surface area (Å²) in [6.45, 7) is 2.51. The second-order valence-corrected chi connectivity index (χ2v) is 9.03. The Kier molecular flexibility index (Phi) is 5.44. The Morgan fingerprint density at radius 3 is 2.62 bits per heavy atom. The Morgan fingerprint density at radius 2 is 2.19 bits per heavy atom. The third kappa shape index (κ3) is 3.53. The van der Waals surface area contributed by atoms with Crippen LogP contribution in [-0.2, 0) is 10.0 Å². The first-order chi connectivity index (χ1) is 7.35. The first-order valence-electron chi connectivity index (χ1n) is 4.69. The zero-order valence-electron chi connectivity index (χ0n) is 8.98. The van der Waals surface area contributed by atoms with E-state index in [1.165, 1.54) is 15.6 Å². The van der Waals surface area contributed by atoms with Crippen LogP contribution < -0.4 is 0 Å². The van der Waals surface area contributed by atoms with Crippen molar-refractivity contribution in [3.8, 4) is 0 Å². The molecule has 0 fully saturated rings. The molecule has 1 aromatic heterocycles. The molecule has 1 rings (SSSR count). The maximum absolute atomic E-state index is 12.1. The van der Waals surface area contributed by atoms with Gasteiger partial charge in [0.15, 0.2) is 0 Å². The monoisotopic (exact) mass is 389 g/mol. The van der Waals surface area contributed by atoms with E-state index in [9.17, 15) is 8.42 Å². The minimum Gasteiger partial charge on any atom is -0.206 e. The molecule has 7 heteroatoms. The fourth-order valence-electron chi connectivity index (χ4n) is 1.09. The molecule has 3 nitrogen and oxygen atoms in total. The number of alkyl halides is 1. The molecule has 92 valence electrons. The first-order valence-corrected chi connectivity index (χ1v) is 8.72. The number of sulfonamides is 1. The second-order valence-electron chi connectivity index (χ2n) is 3.45. The van der Waals surface area contributed by atoms with Crippen molar-refractivity contribution in [1.29, 1.82) is 0 Å². The van der Waals surface area contributed by atoms with Gasteiger partial charge in [0.05, 0.1) is 0 Å². The van der Waals surface area contributed by atoms with Crippen molar-refractivity contribution < 1.29 is 8.42 Å². The van der Waals surface area contributed by atoms with Crippen molar-refractivity contribution in [3.63, 3.8) is 0 Å². The highest BCUT2D eigenvalue weighted by atomic mass is 79.9. The number of halogens is 2. The van der Waals surface area contributed by atoms with E-state index < -0.39 is 10.0 Å². The van der Waals surface area contributed by atoms with Crippen molar-refractivity contribution in [1.82, 2.24) is 4.31 Å². The molecule has 0 saturated heterocycles. The standard InChI is InChI=1S/C9H13Br2NO2S2/c1-7(10)3-5-12(2)16(13,14)9-8(11)4-6-15-9/h4,6-7H,3,5H2,1-2H3. The van der Waals surface area contributed by atoms with Crippen LogP contribution in [0.2, 0.25) is 0 Å². The number of thiophene rings is 1. The van der Waals surface area contributed by atoms with Crippen molar-refractivity contribution in [3.05, 3.63) is 15.9 Å². The lowest BCUT2D eigenvalue weighted by atomic mass is 10.3. The molecule has 0 aliphatic carbocycles. The molecule has 0 bridgehead atoms. The third-order valence-electron chi connectivity index (χ3n) is 2.07. The minimum atomic E-state index is -3.34. The van der Waals surface area contributed by atoms with E-state index in [1.807, 2.05) is 6.92 Å². The maximum atomic E-state index is 12.1. The molecular formula is C9H13Br2NO2S2. The van der Waals surface area contributed by atoms with Crippen LogP contribution in [0.5, 0.6) is 0 Å². The molecule has 1 unspecified atom stereocenters. The van der Waals surface area contributed by atoms with E-state index in [-0.39, 0.29) is 0 Å². The largest absolute Gasteiger partial charge is 0.253 e. The topological polar surface area (TPSA) is 37.4 Å². The summed E-state index contributed by atoms with van der Waals surface area (Å²) in [5.41, 5.74) is 0. The van der Waals surface area contributed by atoms with Crippen LogP contribution in [0.15, 0.2) is 20.1 Å². The Labute approximate surface area is 117 Å². The summed E-state index contributed by atoms with van der Waals surface area (Å²) in [4.78, 5) is 0.317. The normalized spacial score (nSPS) is 14.3. The number of hydrogen-bond donors (Lipinski definition) is 0. The maximum Gasteiger partial charge on any atom is 0.253 e. The Hall–Kier alpha value is 0.570. The fraction of sp³-hybridized carbons (Fsp3) is 0.556. The van der Waals surface area contributed by atoms with Crippen LogP contribution in [0, 0.1) is 0 Å². The number of nitrogens with zero attached hydrogens (tertiary/aromatic N) is 1. The van der Waals surface area contributed by atoms with Crippen LogP contribution in [-0.4, -0.2) is 31.1 Å². The van der Waals surface area contributed by atoms with Gasteiger partial charge in [-0.05, 0) is 33.8 Å². The summed E-state index contributed by atoms with van der Waals surface area (Å²) >= 11 is 7.88. The molecule has 1 atom stereocenters. The van der Waals surface area contributed by atoms with E-state index >= 15 is 0 Å². The Bertz CT molecular complexity index is 442. The third-order valence-corrected chi connectivity index (χ3v) is 7.03. The van der Waals surface area contributed by atoms with Gasteiger partial charge >= 0.3 is 0 Å². The average Bonchev–Trinajstić information content (AvgIpc) is 2.61. The Balaban J connectivity index is 2.83. The number of rotatable bonds is 5. The van der Waals surface area contributed by atoms with Crippen LogP contribution in [0.3, 0.4) is 0 Å². The highest BCUT2D eigenvalue weighted by Gasteiger charge is 2.24.